The SMILES string of the molecule is c1ccc(-c2cccc3sc4ccccc4c23)c(-c2ccc(N(c3cc4c5c(c3)c3ccccc3n5-c3ccccc3C43C4CC5CC(C4)CC3C5)c3cccc4ccccc34)cc2)c1. The lowest BCUT2D eigenvalue weighted by molar-refractivity contribution is -0.0418. The number of aromatic nitrogens is 1. The third-order valence-corrected chi connectivity index (χ3v) is 17.7. The monoisotopic (exact) mass is 850 g/mol. The van der Waals surface area contributed by atoms with E-state index in [-0.39, 0.29) is 5.41 Å². The Morgan fingerprint density at radius 2 is 1.11 bits per heavy atom. The molecule has 16 rings (SSSR count). The van der Waals surface area contributed by atoms with Gasteiger partial charge >= 0.3 is 0 Å². The Labute approximate surface area is 383 Å². The van der Waals surface area contributed by atoms with Crippen molar-refractivity contribution >= 4 is 81.1 Å². The Hall–Kier alpha value is -6.94. The number of para-hydroxylation sites is 2. The number of benzene rings is 9. The summed E-state index contributed by atoms with van der Waals surface area (Å²) in [6.45, 7) is 0. The Morgan fingerprint density at radius 3 is 1.95 bits per heavy atom. The van der Waals surface area contributed by atoms with Gasteiger partial charge in [-0.15, -0.1) is 11.3 Å². The van der Waals surface area contributed by atoms with Gasteiger partial charge in [-0.3, -0.25) is 0 Å². The van der Waals surface area contributed by atoms with E-state index in [0.29, 0.717) is 11.8 Å². The van der Waals surface area contributed by atoms with Crippen LogP contribution in [0.3, 0.4) is 0 Å². The molecular formula is C62H46N2S. The largest absolute Gasteiger partial charge is 0.310 e. The number of fused-ring (bicyclic) bond motifs is 9. The van der Waals surface area contributed by atoms with Gasteiger partial charge in [0.2, 0.25) is 0 Å². The molecule has 310 valence electrons. The molecule has 2 aromatic heterocycles. The van der Waals surface area contributed by atoms with Gasteiger partial charge in [0.1, 0.15) is 0 Å². The maximum Gasteiger partial charge on any atom is 0.0584 e. The molecule has 3 heteroatoms. The van der Waals surface area contributed by atoms with Crippen molar-refractivity contribution in [3.63, 3.8) is 0 Å². The van der Waals surface area contributed by atoms with Crippen molar-refractivity contribution in [2.24, 2.45) is 23.7 Å². The van der Waals surface area contributed by atoms with Crippen LogP contribution in [0.5, 0.6) is 0 Å². The standard InChI is InChI=1S/C62H46N2S/c1-2-16-47-40(13-1)14-11-24-55(47)63(44-29-27-41(28-30-44)46-15-3-4-17-48(46)50-20-12-26-59-60(50)51-19-6-10-25-58(51)65-59)45-36-52-49-18-5-8-22-56(49)64-57-23-9-7-21-53(57)62(54(37-45)61(52)64)42-32-38-31-39(34-42)35-43(62)33-38/h1-30,36-39,42-43H,31-35H2. The lowest BCUT2D eigenvalue weighted by atomic mass is 9.41. The highest BCUT2D eigenvalue weighted by Gasteiger charge is 2.61. The van der Waals surface area contributed by atoms with E-state index < -0.39 is 0 Å². The van der Waals surface area contributed by atoms with Crippen molar-refractivity contribution in [1.29, 1.82) is 0 Å². The molecular weight excluding hydrogens is 805 g/mol. The molecule has 0 unspecified atom stereocenters. The average molecular weight is 851 g/mol. The average Bonchev–Trinajstić information content (AvgIpc) is 3.91. The van der Waals surface area contributed by atoms with Crippen LogP contribution in [0.1, 0.15) is 43.2 Å². The highest BCUT2D eigenvalue weighted by Crippen LogP contribution is 2.68. The third-order valence-electron chi connectivity index (χ3n) is 16.5. The van der Waals surface area contributed by atoms with E-state index in [9.17, 15) is 0 Å². The van der Waals surface area contributed by atoms with Crippen LogP contribution in [-0.2, 0) is 5.41 Å². The van der Waals surface area contributed by atoms with Crippen LogP contribution in [0.15, 0.2) is 194 Å². The van der Waals surface area contributed by atoms with E-state index in [0.717, 1.165) is 11.8 Å². The van der Waals surface area contributed by atoms with Crippen LogP contribution < -0.4 is 4.90 Å². The molecule has 11 aromatic rings. The Balaban J connectivity index is 0.967. The van der Waals surface area contributed by atoms with Gasteiger partial charge < -0.3 is 9.47 Å². The van der Waals surface area contributed by atoms with Gasteiger partial charge in [0, 0.05) is 53.1 Å². The first-order valence-corrected chi connectivity index (χ1v) is 24.6. The summed E-state index contributed by atoms with van der Waals surface area (Å²) >= 11 is 1.89. The van der Waals surface area contributed by atoms with E-state index in [1.807, 2.05) is 11.3 Å². The summed E-state index contributed by atoms with van der Waals surface area (Å²) in [6.07, 6.45) is 6.83. The normalized spacial score (nSPS) is 21.6. The number of anilines is 3. The Kier molecular flexibility index (Phi) is 7.59. The topological polar surface area (TPSA) is 8.17 Å². The van der Waals surface area contributed by atoms with Crippen LogP contribution in [-0.4, -0.2) is 4.57 Å². The van der Waals surface area contributed by atoms with Gasteiger partial charge in [0.15, 0.2) is 0 Å². The van der Waals surface area contributed by atoms with E-state index in [2.05, 4.69) is 204 Å². The van der Waals surface area contributed by atoms with E-state index >= 15 is 0 Å². The molecule has 2 nitrogen and oxygen atoms in total. The number of hydrogen-bond acceptors (Lipinski definition) is 2. The Morgan fingerprint density at radius 1 is 0.462 bits per heavy atom. The van der Waals surface area contributed by atoms with E-state index in [1.54, 1.807) is 11.1 Å². The molecule has 0 saturated heterocycles. The smallest absolute Gasteiger partial charge is 0.0584 e. The van der Waals surface area contributed by atoms with Crippen LogP contribution in [0.2, 0.25) is 0 Å². The van der Waals surface area contributed by atoms with Gasteiger partial charge in [0.25, 0.3) is 0 Å². The van der Waals surface area contributed by atoms with Gasteiger partial charge in [0.05, 0.1) is 22.4 Å². The first kappa shape index (κ1) is 36.4. The molecule has 1 spiro atoms. The van der Waals surface area contributed by atoms with Gasteiger partial charge in [-0.25, -0.2) is 0 Å². The molecule has 4 saturated carbocycles. The Bertz CT molecular complexity index is 3720. The fraction of sp³-hybridized carbons (Fsp3) is 0.161. The van der Waals surface area contributed by atoms with Gasteiger partial charge in [-0.1, -0.05) is 140 Å². The second kappa shape index (κ2) is 13.5. The van der Waals surface area contributed by atoms with Crippen LogP contribution >= 0.6 is 11.3 Å². The van der Waals surface area contributed by atoms with Gasteiger partial charge in [-0.2, -0.15) is 0 Å². The maximum atomic E-state index is 2.67. The zero-order chi connectivity index (χ0) is 42.4. The molecule has 0 N–H and O–H groups in total. The second-order valence-corrected chi connectivity index (χ2v) is 20.7. The fourth-order valence-electron chi connectivity index (χ4n) is 14.3. The molecule has 0 atom stereocenters. The van der Waals surface area contributed by atoms with Crippen molar-refractivity contribution in [2.75, 3.05) is 4.90 Å². The van der Waals surface area contributed by atoms with Crippen molar-refractivity contribution in [3.05, 3.63) is 205 Å². The lowest BCUT2D eigenvalue weighted by Gasteiger charge is -2.63. The first-order valence-electron chi connectivity index (χ1n) is 23.8. The number of hydrogen-bond donors (Lipinski definition) is 0. The molecule has 9 aromatic carbocycles. The summed E-state index contributed by atoms with van der Waals surface area (Å²) in [6, 6.07) is 73.9. The van der Waals surface area contributed by atoms with Crippen LogP contribution in [0, 0.1) is 23.7 Å². The molecule has 5 aliphatic rings. The minimum Gasteiger partial charge on any atom is -0.310 e. The minimum atomic E-state index is -0.0166. The van der Waals surface area contributed by atoms with Crippen molar-refractivity contribution in [3.8, 4) is 27.9 Å². The zero-order valence-corrected chi connectivity index (χ0v) is 36.9. The molecule has 4 aliphatic carbocycles. The minimum absolute atomic E-state index is 0.0166. The number of nitrogens with zero attached hydrogens (tertiary/aromatic N) is 2. The highest BCUT2D eigenvalue weighted by atomic mass is 32.1. The molecule has 4 bridgehead atoms. The predicted octanol–water partition coefficient (Wildman–Crippen LogP) is 17.2. The van der Waals surface area contributed by atoms with Crippen molar-refractivity contribution in [1.82, 2.24) is 4.57 Å². The van der Waals surface area contributed by atoms with Crippen molar-refractivity contribution in [2.45, 2.75) is 37.5 Å². The third kappa shape index (κ3) is 5.00. The molecule has 3 heterocycles. The molecule has 65 heavy (non-hydrogen) atoms. The molecule has 0 radical (unpaired) electrons. The van der Waals surface area contributed by atoms with E-state index in [1.165, 1.54) is 130 Å². The van der Waals surface area contributed by atoms with Gasteiger partial charge in [-0.05, 0) is 149 Å². The summed E-state index contributed by atoms with van der Waals surface area (Å²) in [7, 11) is 0. The maximum absolute atomic E-state index is 2.67. The van der Waals surface area contributed by atoms with Crippen molar-refractivity contribution < 1.29 is 0 Å². The summed E-state index contributed by atoms with van der Waals surface area (Å²) in [4.78, 5) is 2.59. The quantitative estimate of drug-likeness (QED) is 0.167. The highest BCUT2D eigenvalue weighted by molar-refractivity contribution is 7.25. The summed E-state index contributed by atoms with van der Waals surface area (Å²) < 4.78 is 5.31. The van der Waals surface area contributed by atoms with E-state index in [4.69, 9.17) is 0 Å². The fourth-order valence-corrected chi connectivity index (χ4v) is 15.5. The first-order chi connectivity index (χ1) is 32.2. The lowest BCUT2D eigenvalue weighted by Crippen LogP contribution is -2.57. The number of rotatable bonds is 5. The van der Waals surface area contributed by atoms with Crippen LogP contribution in [0.4, 0.5) is 17.1 Å². The zero-order valence-electron chi connectivity index (χ0n) is 36.1. The second-order valence-electron chi connectivity index (χ2n) is 19.6. The summed E-state index contributed by atoms with van der Waals surface area (Å²) in [5, 5.41) is 7.88. The number of thiophene rings is 1. The molecule has 0 amide bonds. The summed E-state index contributed by atoms with van der Waals surface area (Å²) in [5.41, 5.74) is 15.9. The molecule has 4 fully saturated rings. The summed E-state index contributed by atoms with van der Waals surface area (Å²) in [5.74, 6) is 3.03. The molecule has 1 aliphatic heterocycles. The predicted molar refractivity (Wildman–Crippen MR) is 275 cm³/mol. The van der Waals surface area contributed by atoms with Crippen LogP contribution in [0.25, 0.3) is 80.7 Å².